The third kappa shape index (κ3) is 8.93. The number of piperidine rings is 1. The second-order valence-corrected chi connectivity index (χ2v) is 19.0. The van der Waals surface area contributed by atoms with Gasteiger partial charge in [0.05, 0.1) is 30.5 Å². The van der Waals surface area contributed by atoms with E-state index >= 15 is 4.79 Å². The van der Waals surface area contributed by atoms with Crippen molar-refractivity contribution in [2.24, 2.45) is 11.8 Å². The van der Waals surface area contributed by atoms with Gasteiger partial charge in [-0.15, -0.1) is 6.58 Å². The number of aromatic nitrogens is 1. The molecule has 0 radical (unpaired) electrons. The van der Waals surface area contributed by atoms with Crippen LogP contribution >= 0.6 is 0 Å². The minimum atomic E-state index is -3.90. The van der Waals surface area contributed by atoms with Crippen molar-refractivity contribution in [3.63, 3.8) is 0 Å². The maximum atomic E-state index is 15.1. The molecular formula is C43H56N6O9S. The van der Waals surface area contributed by atoms with Gasteiger partial charge in [-0.25, -0.2) is 18.2 Å². The molecule has 3 saturated carbocycles. The molecule has 1 aromatic heterocycles. The topological polar surface area (TPSA) is 186 Å². The van der Waals surface area contributed by atoms with Gasteiger partial charge in [-0.3, -0.25) is 19.1 Å². The second kappa shape index (κ2) is 17.1. The van der Waals surface area contributed by atoms with Gasteiger partial charge in [0.15, 0.2) is 0 Å². The summed E-state index contributed by atoms with van der Waals surface area (Å²) in [7, 11) is -2.32. The van der Waals surface area contributed by atoms with Crippen molar-refractivity contribution in [3.8, 4) is 11.6 Å². The first kappa shape index (κ1) is 41.1. The molecule has 9 rings (SSSR count). The number of fused-ring (bicyclic) bond motifs is 10. The number of methoxy groups -OCH3 is 1. The Morgan fingerprint density at radius 3 is 2.53 bits per heavy atom. The number of hydrogen-bond acceptors (Lipinski definition) is 10. The normalized spacial score (nSPS) is 29.5. The Hall–Kier alpha value is -4.70. The molecule has 5 amide bonds. The first-order chi connectivity index (χ1) is 28.5. The Morgan fingerprint density at radius 2 is 1.81 bits per heavy atom. The Balaban J connectivity index is 1.14. The lowest BCUT2D eigenvalue weighted by atomic mass is 9.83. The zero-order valence-corrected chi connectivity index (χ0v) is 34.6. The monoisotopic (exact) mass is 832 g/mol. The molecule has 318 valence electrons. The van der Waals surface area contributed by atoms with Crippen molar-refractivity contribution in [1.82, 2.24) is 30.1 Å². The molecular weight excluding hydrogens is 777 g/mol. The van der Waals surface area contributed by atoms with Gasteiger partial charge in [0, 0.05) is 49.1 Å². The number of ether oxygens (including phenoxy) is 3. The second-order valence-electron chi connectivity index (χ2n) is 17.0. The summed E-state index contributed by atoms with van der Waals surface area (Å²) >= 11 is 0. The number of urea groups is 1. The summed E-state index contributed by atoms with van der Waals surface area (Å²) in [6, 6.07) is 5.28. The van der Waals surface area contributed by atoms with Crippen LogP contribution in [0, 0.1) is 11.8 Å². The zero-order valence-electron chi connectivity index (χ0n) is 33.7. The first-order valence-corrected chi connectivity index (χ1v) is 22.8. The number of carbonyl (C=O) groups excluding carboxylic acids is 4. The summed E-state index contributed by atoms with van der Waals surface area (Å²) in [5.41, 5.74) is -0.173. The lowest BCUT2D eigenvalue weighted by Gasteiger charge is -2.37. The summed E-state index contributed by atoms with van der Waals surface area (Å²) in [5.74, 6) is -1.53. The van der Waals surface area contributed by atoms with E-state index in [0.717, 1.165) is 55.9 Å². The van der Waals surface area contributed by atoms with Crippen LogP contribution in [0.4, 0.5) is 4.79 Å². The molecule has 5 heterocycles. The van der Waals surface area contributed by atoms with Crippen LogP contribution in [-0.4, -0.2) is 115 Å². The smallest absolute Gasteiger partial charge is 0.318 e. The van der Waals surface area contributed by atoms with Crippen LogP contribution in [0.5, 0.6) is 11.6 Å². The molecule has 2 saturated heterocycles. The Labute approximate surface area is 345 Å². The van der Waals surface area contributed by atoms with Gasteiger partial charge in [0.25, 0.3) is 5.91 Å². The van der Waals surface area contributed by atoms with Gasteiger partial charge < -0.3 is 34.6 Å². The highest BCUT2D eigenvalue weighted by Crippen LogP contribution is 2.46. The van der Waals surface area contributed by atoms with Crippen LogP contribution in [0.25, 0.3) is 17.0 Å². The number of rotatable bonds is 8. The predicted molar refractivity (Wildman–Crippen MR) is 220 cm³/mol. The summed E-state index contributed by atoms with van der Waals surface area (Å²) in [5, 5.41) is 6.24. The maximum Gasteiger partial charge on any atom is 0.318 e. The first-order valence-electron chi connectivity index (χ1n) is 21.3. The molecule has 3 N–H and O–H groups in total. The van der Waals surface area contributed by atoms with Gasteiger partial charge in [-0.2, -0.15) is 0 Å². The van der Waals surface area contributed by atoms with Crippen molar-refractivity contribution >= 4 is 50.8 Å². The van der Waals surface area contributed by atoms with Crippen LogP contribution in [-0.2, 0) is 29.1 Å². The van der Waals surface area contributed by atoms with E-state index in [4.69, 9.17) is 19.2 Å². The molecule has 0 spiro atoms. The summed E-state index contributed by atoms with van der Waals surface area (Å²) < 4.78 is 46.3. The lowest BCUT2D eigenvalue weighted by Crippen LogP contribution is -2.60. The van der Waals surface area contributed by atoms with Crippen LogP contribution in [0.3, 0.4) is 0 Å². The fourth-order valence-electron chi connectivity index (χ4n) is 9.18. The number of hydrogen-bond donors (Lipinski definition) is 3. The standard InChI is InChI=1S/C43H56N6O9S/c1-3-30-25-43(30,41(52)47-59(54,55)34-15-16-34)46-38(50)36-24-33-26-49(36)40(51)37(27-10-6-4-7-11-27)45-42(53)48-19-17-31(18-20-48)57-21-9-5-8-12-29-22-28-13-14-32(56-2)23-35(28)44-39(29)58-33/h3,8,12-14,22-23,27,30-31,33-34,36-37H,1,4-7,9-11,15-21,24-26H2,2H3,(H,45,53)(H,46,50)(H,47,52)/t30-,33-,36+,37+,43-/m1/s1. The Bertz CT molecular complexity index is 2090. The van der Waals surface area contributed by atoms with E-state index in [1.165, 1.54) is 11.0 Å². The molecule has 4 aliphatic heterocycles. The molecule has 1 aromatic carbocycles. The predicted octanol–water partition coefficient (Wildman–Crippen LogP) is 4.21. The SMILES string of the molecule is C=C[C@@H]1C[C@]1(NC(=O)[C@@H]1C[C@@H]2CN1C(=O)[C@H](C1CCCCC1)NC(=O)N1CCC(CC1)OCCCC=Cc1cc3ccc(OC)cc3nc1O2)C(=O)NS(=O)(=O)C1CC1. The van der Waals surface area contributed by atoms with Crippen molar-refractivity contribution in [2.75, 3.05) is 33.4 Å². The molecule has 5 atom stereocenters. The minimum absolute atomic E-state index is 0.0138. The number of sulfonamides is 1. The van der Waals surface area contributed by atoms with Gasteiger partial charge in [0.2, 0.25) is 27.7 Å². The molecule has 15 nitrogen and oxygen atoms in total. The number of pyridine rings is 1. The lowest BCUT2D eigenvalue weighted by molar-refractivity contribution is -0.142. The number of allylic oxidation sites excluding steroid dienone is 1. The largest absolute Gasteiger partial charge is 0.497 e. The van der Waals surface area contributed by atoms with E-state index in [-0.39, 0.29) is 37.4 Å². The van der Waals surface area contributed by atoms with Gasteiger partial charge >= 0.3 is 6.03 Å². The van der Waals surface area contributed by atoms with Crippen molar-refractivity contribution in [1.29, 1.82) is 0 Å². The molecule has 16 heteroatoms. The number of nitrogens with one attached hydrogen (secondary N) is 3. The van der Waals surface area contributed by atoms with Crippen LogP contribution in [0.1, 0.15) is 89.0 Å². The van der Waals surface area contributed by atoms with E-state index in [2.05, 4.69) is 28.0 Å². The fraction of sp³-hybridized carbons (Fsp3) is 0.605. The molecule has 5 fully saturated rings. The van der Waals surface area contributed by atoms with Gasteiger partial charge in [-0.05, 0) is 81.9 Å². The van der Waals surface area contributed by atoms with Crippen LogP contribution < -0.4 is 24.8 Å². The van der Waals surface area contributed by atoms with Crippen LogP contribution in [0.2, 0.25) is 0 Å². The highest BCUT2D eigenvalue weighted by Gasteiger charge is 2.62. The van der Waals surface area contributed by atoms with Crippen molar-refractivity contribution in [2.45, 2.75) is 119 Å². The van der Waals surface area contributed by atoms with Crippen LogP contribution in [0.15, 0.2) is 43.0 Å². The van der Waals surface area contributed by atoms with E-state index in [9.17, 15) is 22.8 Å². The number of carbonyl (C=O) groups is 4. The third-order valence-corrected chi connectivity index (χ3v) is 14.8. The molecule has 0 unspecified atom stereocenters. The van der Waals surface area contributed by atoms with Crippen molar-refractivity contribution in [3.05, 3.63) is 48.6 Å². The molecule has 7 aliphatic rings. The summed E-state index contributed by atoms with van der Waals surface area (Å²) in [6.07, 6.45) is 13.4. The van der Waals surface area contributed by atoms with E-state index < -0.39 is 62.6 Å². The van der Waals surface area contributed by atoms with Gasteiger partial charge in [-0.1, -0.05) is 37.5 Å². The zero-order chi connectivity index (χ0) is 41.3. The Kier molecular flexibility index (Phi) is 11.9. The number of amides is 5. The average Bonchev–Trinajstić information content (AvgIpc) is 4.17. The molecule has 2 aromatic rings. The van der Waals surface area contributed by atoms with E-state index in [1.54, 1.807) is 12.0 Å². The minimum Gasteiger partial charge on any atom is -0.497 e. The summed E-state index contributed by atoms with van der Waals surface area (Å²) in [6.45, 7) is 5.44. The van der Waals surface area contributed by atoms with E-state index in [0.29, 0.717) is 62.5 Å². The third-order valence-electron chi connectivity index (χ3n) is 13.0. The molecule has 3 aliphatic carbocycles. The maximum absolute atomic E-state index is 15.1. The van der Waals surface area contributed by atoms with Crippen molar-refractivity contribution < 1.29 is 41.8 Å². The number of benzene rings is 1. The quantitative estimate of drug-likeness (QED) is 0.326. The highest BCUT2D eigenvalue weighted by molar-refractivity contribution is 7.91. The molecule has 4 bridgehead atoms. The summed E-state index contributed by atoms with van der Waals surface area (Å²) in [4.78, 5) is 65.4. The fourth-order valence-corrected chi connectivity index (χ4v) is 10.5. The Morgan fingerprint density at radius 1 is 1.03 bits per heavy atom. The highest BCUT2D eigenvalue weighted by atomic mass is 32.2. The van der Waals surface area contributed by atoms with E-state index in [1.807, 2.05) is 30.3 Å². The van der Waals surface area contributed by atoms with Gasteiger partial charge in [0.1, 0.15) is 29.5 Å². The number of nitrogens with zero attached hydrogens (tertiary/aromatic N) is 3. The molecule has 59 heavy (non-hydrogen) atoms. The average molecular weight is 833 g/mol.